The van der Waals surface area contributed by atoms with E-state index in [1.807, 2.05) is 0 Å². The molecule has 2 rings (SSSR count). The monoisotopic (exact) mass is 266 g/mol. The van der Waals surface area contributed by atoms with Crippen molar-refractivity contribution >= 4 is 11.8 Å². The molecule has 1 aliphatic rings. The van der Waals surface area contributed by atoms with E-state index in [2.05, 4.69) is 4.99 Å². The van der Waals surface area contributed by atoms with Crippen LogP contribution < -0.4 is 0 Å². The van der Waals surface area contributed by atoms with E-state index in [9.17, 15) is 24.4 Å². The third-order valence-corrected chi connectivity index (χ3v) is 3.44. The summed E-state index contributed by atoms with van der Waals surface area (Å²) in [6, 6.07) is 1.64. The zero-order valence-electron chi connectivity index (χ0n) is 9.93. The third kappa shape index (κ3) is 2.20. The first-order valence-corrected chi connectivity index (χ1v) is 5.76. The zero-order valence-corrected chi connectivity index (χ0v) is 9.93. The Morgan fingerprint density at radius 3 is 2.58 bits per heavy atom. The Bertz CT molecular complexity index is 575. The molecule has 0 saturated heterocycles. The molecule has 0 unspecified atom stereocenters. The molecule has 1 saturated carbocycles. The number of phenols is 1. The molecule has 0 aliphatic heterocycles. The number of aliphatic imine (C=N–C) groups is 1. The van der Waals surface area contributed by atoms with Crippen LogP contribution >= 0.6 is 0 Å². The highest BCUT2D eigenvalue weighted by molar-refractivity contribution is 5.55. The van der Waals surface area contributed by atoms with Crippen LogP contribution in [-0.2, 0) is 10.3 Å². The average Bonchev–Trinajstić information content (AvgIpc) is 2.81. The lowest BCUT2D eigenvalue weighted by atomic mass is 9.87. The molecule has 0 amide bonds. The number of nitro groups is 1. The van der Waals surface area contributed by atoms with E-state index >= 15 is 0 Å². The minimum Gasteiger partial charge on any atom is -0.502 e. The smallest absolute Gasteiger partial charge is 0.314 e. The van der Waals surface area contributed by atoms with Gasteiger partial charge in [0.05, 0.1) is 11.0 Å². The Morgan fingerprint density at radius 2 is 2.05 bits per heavy atom. The highest BCUT2D eigenvalue weighted by Gasteiger charge is 2.40. The molecule has 0 aromatic heterocycles. The summed E-state index contributed by atoms with van der Waals surface area (Å²) in [5.41, 5.74) is -1.83. The van der Waals surface area contributed by atoms with Crippen LogP contribution in [0.25, 0.3) is 0 Å². The number of phenolic OH excluding ortho intramolecular Hbond substituents is 1. The minimum atomic E-state index is -1.10. The molecule has 0 atom stereocenters. The summed E-state index contributed by atoms with van der Waals surface area (Å²) in [5, 5.41) is 20.7. The highest BCUT2D eigenvalue weighted by atomic mass is 19.1. The van der Waals surface area contributed by atoms with Crippen molar-refractivity contribution in [3.63, 3.8) is 0 Å². The quantitative estimate of drug-likeness (QED) is 0.393. The van der Waals surface area contributed by atoms with Gasteiger partial charge in [-0.25, -0.2) is 9.18 Å². The zero-order chi connectivity index (χ0) is 14.0. The molecule has 7 heteroatoms. The van der Waals surface area contributed by atoms with Crippen molar-refractivity contribution in [2.45, 2.75) is 31.2 Å². The highest BCUT2D eigenvalue weighted by Crippen LogP contribution is 2.48. The van der Waals surface area contributed by atoms with Gasteiger partial charge in [0.15, 0.2) is 5.75 Å². The lowest BCUT2D eigenvalue weighted by molar-refractivity contribution is -0.386. The van der Waals surface area contributed by atoms with Crippen LogP contribution in [0.5, 0.6) is 5.75 Å². The number of hydrogen-bond acceptors (Lipinski definition) is 5. The van der Waals surface area contributed by atoms with E-state index in [-0.39, 0.29) is 5.56 Å². The van der Waals surface area contributed by atoms with E-state index in [0.717, 1.165) is 18.9 Å². The van der Waals surface area contributed by atoms with E-state index in [4.69, 9.17) is 0 Å². The van der Waals surface area contributed by atoms with Gasteiger partial charge in [0, 0.05) is 5.56 Å². The van der Waals surface area contributed by atoms with E-state index in [0.29, 0.717) is 18.9 Å². The molecule has 0 bridgehead atoms. The van der Waals surface area contributed by atoms with E-state index < -0.39 is 27.7 Å². The second kappa shape index (κ2) is 4.78. The molecule has 1 aromatic rings. The predicted octanol–water partition coefficient (Wildman–Crippen LogP) is 2.54. The number of aromatic hydroxyl groups is 1. The molecule has 6 nitrogen and oxygen atoms in total. The van der Waals surface area contributed by atoms with Crippen molar-refractivity contribution in [3.05, 3.63) is 33.6 Å². The first-order valence-electron chi connectivity index (χ1n) is 5.76. The molecule has 19 heavy (non-hydrogen) atoms. The number of halogens is 1. The Hall–Kier alpha value is -2.27. The Balaban J connectivity index is 2.67. The molecular formula is C12H11FN2O4. The van der Waals surface area contributed by atoms with Crippen LogP contribution in [-0.4, -0.2) is 16.1 Å². The summed E-state index contributed by atoms with van der Waals surface area (Å²) >= 11 is 0. The molecule has 1 N–H and O–H groups in total. The van der Waals surface area contributed by atoms with Crippen LogP contribution in [0.2, 0.25) is 0 Å². The number of isocyanates is 1. The van der Waals surface area contributed by atoms with Crippen LogP contribution in [0.4, 0.5) is 10.1 Å². The summed E-state index contributed by atoms with van der Waals surface area (Å²) in [6.07, 6.45) is 3.76. The van der Waals surface area contributed by atoms with Gasteiger partial charge in [0.2, 0.25) is 6.08 Å². The number of nitro benzene ring substituents is 1. The fourth-order valence-corrected chi connectivity index (χ4v) is 2.57. The van der Waals surface area contributed by atoms with Gasteiger partial charge in [-0.15, -0.1) is 0 Å². The molecule has 1 aliphatic carbocycles. The molecule has 0 spiro atoms. The van der Waals surface area contributed by atoms with Gasteiger partial charge in [0.1, 0.15) is 11.4 Å². The average molecular weight is 266 g/mol. The Kier molecular flexibility index (Phi) is 3.31. The maximum absolute atomic E-state index is 13.5. The Morgan fingerprint density at radius 1 is 1.42 bits per heavy atom. The van der Waals surface area contributed by atoms with Crippen LogP contribution in [0.3, 0.4) is 0 Å². The number of nitrogens with zero attached hydrogens (tertiary/aromatic N) is 2. The summed E-state index contributed by atoms with van der Waals surface area (Å²) in [6.45, 7) is 0. The van der Waals surface area contributed by atoms with Crippen molar-refractivity contribution in [2.75, 3.05) is 0 Å². The van der Waals surface area contributed by atoms with Gasteiger partial charge in [-0.2, -0.15) is 4.99 Å². The largest absolute Gasteiger partial charge is 0.502 e. The number of rotatable bonds is 3. The molecule has 0 heterocycles. The summed E-state index contributed by atoms with van der Waals surface area (Å²) in [5.74, 6) is -1.47. The fraction of sp³-hybridized carbons (Fsp3) is 0.417. The van der Waals surface area contributed by atoms with Gasteiger partial charge < -0.3 is 5.11 Å². The number of hydrogen-bond donors (Lipinski definition) is 1. The lowest BCUT2D eigenvalue weighted by Gasteiger charge is -2.23. The maximum atomic E-state index is 13.5. The van der Waals surface area contributed by atoms with Crippen LogP contribution in [0, 0.1) is 15.9 Å². The summed E-state index contributed by atoms with van der Waals surface area (Å²) in [7, 11) is 0. The van der Waals surface area contributed by atoms with Crippen LogP contribution in [0.1, 0.15) is 31.2 Å². The number of carbonyl (C=O) groups excluding carboxylic acids is 1. The summed E-state index contributed by atoms with van der Waals surface area (Å²) < 4.78 is 13.5. The maximum Gasteiger partial charge on any atom is 0.314 e. The standard InChI is InChI=1S/C12H11FN2O4/c13-8-5-9(11(17)10(6-8)15(18)19)12(14-7-16)3-1-2-4-12/h5-6,17H,1-4H2. The Labute approximate surface area is 107 Å². The predicted molar refractivity (Wildman–Crippen MR) is 63.0 cm³/mol. The van der Waals surface area contributed by atoms with E-state index in [1.165, 1.54) is 6.08 Å². The second-order valence-electron chi connectivity index (χ2n) is 4.52. The molecule has 0 radical (unpaired) electrons. The molecule has 1 fully saturated rings. The van der Waals surface area contributed by atoms with Crippen molar-refractivity contribution in [1.82, 2.24) is 0 Å². The fourth-order valence-electron chi connectivity index (χ4n) is 2.57. The first-order chi connectivity index (χ1) is 9.00. The SMILES string of the molecule is O=C=NC1(c2cc(F)cc([N+](=O)[O-])c2O)CCCC1. The minimum absolute atomic E-state index is 0.0138. The van der Waals surface area contributed by atoms with Gasteiger partial charge >= 0.3 is 5.69 Å². The van der Waals surface area contributed by atoms with Crippen molar-refractivity contribution in [2.24, 2.45) is 4.99 Å². The lowest BCUT2D eigenvalue weighted by Crippen LogP contribution is -2.19. The van der Waals surface area contributed by atoms with Gasteiger partial charge in [0.25, 0.3) is 0 Å². The second-order valence-corrected chi connectivity index (χ2v) is 4.52. The first kappa shape index (κ1) is 13.2. The number of benzene rings is 1. The van der Waals surface area contributed by atoms with Crippen molar-refractivity contribution < 1.29 is 19.2 Å². The van der Waals surface area contributed by atoms with Gasteiger partial charge in [-0.05, 0) is 18.9 Å². The van der Waals surface area contributed by atoms with Gasteiger partial charge in [-0.3, -0.25) is 10.1 Å². The van der Waals surface area contributed by atoms with Crippen LogP contribution in [0.15, 0.2) is 17.1 Å². The van der Waals surface area contributed by atoms with Gasteiger partial charge in [-0.1, -0.05) is 12.8 Å². The molecule has 100 valence electrons. The van der Waals surface area contributed by atoms with Crippen molar-refractivity contribution in [1.29, 1.82) is 0 Å². The normalized spacial score (nSPS) is 16.9. The summed E-state index contributed by atoms with van der Waals surface area (Å²) in [4.78, 5) is 24.1. The molecule has 1 aromatic carbocycles. The molecular weight excluding hydrogens is 255 g/mol. The van der Waals surface area contributed by atoms with E-state index in [1.54, 1.807) is 0 Å². The third-order valence-electron chi connectivity index (χ3n) is 3.44. The topological polar surface area (TPSA) is 92.8 Å². The van der Waals surface area contributed by atoms with Crippen molar-refractivity contribution in [3.8, 4) is 5.75 Å².